The number of nitrogens with zero attached hydrogens (tertiary/aromatic N) is 2. The summed E-state index contributed by atoms with van der Waals surface area (Å²) in [5.74, 6) is -0.572. The van der Waals surface area contributed by atoms with E-state index in [4.69, 9.17) is 5.26 Å². The fraction of sp³-hybridized carbons (Fsp3) is 0.417. The second-order valence-corrected chi connectivity index (χ2v) is 7.14. The molecule has 1 fully saturated rings. The van der Waals surface area contributed by atoms with Crippen LogP contribution in [0, 0.1) is 23.1 Å². The Morgan fingerprint density at radius 3 is 2.53 bits per heavy atom. The lowest BCUT2D eigenvalue weighted by molar-refractivity contribution is 0.309. The summed E-state index contributed by atoms with van der Waals surface area (Å²) in [6, 6.07) is 5.67. The van der Waals surface area contributed by atoms with Crippen LogP contribution in [0.15, 0.2) is 27.6 Å². The Morgan fingerprint density at radius 2 is 2.00 bits per heavy atom. The zero-order chi connectivity index (χ0) is 14.0. The zero-order valence-corrected chi connectivity index (χ0v) is 12.4. The van der Waals surface area contributed by atoms with Crippen LogP contribution in [0.4, 0.5) is 4.39 Å². The van der Waals surface area contributed by atoms with Crippen LogP contribution in [0.2, 0.25) is 0 Å². The maximum atomic E-state index is 13.0. The van der Waals surface area contributed by atoms with E-state index >= 15 is 0 Å². The number of halogens is 2. The molecule has 0 radical (unpaired) electrons. The van der Waals surface area contributed by atoms with Gasteiger partial charge in [-0.3, -0.25) is 0 Å². The van der Waals surface area contributed by atoms with Gasteiger partial charge in [0.1, 0.15) is 5.82 Å². The average molecular weight is 347 g/mol. The number of hydrogen-bond acceptors (Lipinski definition) is 3. The van der Waals surface area contributed by atoms with Crippen LogP contribution < -0.4 is 0 Å². The number of rotatable bonds is 2. The molecule has 7 heteroatoms. The van der Waals surface area contributed by atoms with Gasteiger partial charge in [-0.25, -0.2) is 12.8 Å². The van der Waals surface area contributed by atoms with Gasteiger partial charge in [0.25, 0.3) is 0 Å². The molecular weight excluding hydrogens is 335 g/mol. The minimum absolute atomic E-state index is 0.0595. The van der Waals surface area contributed by atoms with Crippen LogP contribution >= 0.6 is 15.9 Å². The lowest BCUT2D eigenvalue weighted by Gasteiger charge is -2.28. The Labute approximate surface area is 120 Å². The summed E-state index contributed by atoms with van der Waals surface area (Å²) in [6.07, 6.45) is 1.07. The lowest BCUT2D eigenvalue weighted by Crippen LogP contribution is -2.38. The van der Waals surface area contributed by atoms with Crippen LogP contribution in [0.25, 0.3) is 0 Å². The predicted molar refractivity (Wildman–Crippen MR) is 71.2 cm³/mol. The summed E-state index contributed by atoms with van der Waals surface area (Å²) < 4.78 is 39.4. The molecule has 1 aromatic rings. The second-order valence-electron chi connectivity index (χ2n) is 4.38. The van der Waals surface area contributed by atoms with E-state index in [9.17, 15) is 12.8 Å². The van der Waals surface area contributed by atoms with Gasteiger partial charge in [0.2, 0.25) is 10.0 Å². The third kappa shape index (κ3) is 2.96. The molecule has 2 rings (SSSR count). The summed E-state index contributed by atoms with van der Waals surface area (Å²) in [5.41, 5.74) is 0. The SMILES string of the molecule is N#CC1CCN(S(=O)(=O)c2ccc(F)cc2Br)CC1. The van der Waals surface area contributed by atoms with Crippen molar-refractivity contribution in [2.24, 2.45) is 5.92 Å². The van der Waals surface area contributed by atoms with E-state index in [1.54, 1.807) is 0 Å². The molecule has 1 aliphatic rings. The van der Waals surface area contributed by atoms with Crippen molar-refractivity contribution in [3.63, 3.8) is 0 Å². The van der Waals surface area contributed by atoms with E-state index in [0.29, 0.717) is 25.9 Å². The zero-order valence-electron chi connectivity index (χ0n) is 10.0. The summed E-state index contributed by atoms with van der Waals surface area (Å²) in [7, 11) is -3.63. The van der Waals surface area contributed by atoms with Crippen molar-refractivity contribution in [1.82, 2.24) is 4.31 Å². The smallest absolute Gasteiger partial charge is 0.207 e. The topological polar surface area (TPSA) is 61.2 Å². The summed E-state index contributed by atoms with van der Waals surface area (Å²) in [6.45, 7) is 0.648. The third-order valence-corrected chi connectivity index (χ3v) is 6.02. The largest absolute Gasteiger partial charge is 0.244 e. The van der Waals surface area contributed by atoms with Gasteiger partial charge in [-0.15, -0.1) is 0 Å². The quantitative estimate of drug-likeness (QED) is 0.826. The molecule has 4 nitrogen and oxygen atoms in total. The average Bonchev–Trinajstić information content (AvgIpc) is 2.38. The Morgan fingerprint density at radius 1 is 1.37 bits per heavy atom. The van der Waals surface area contributed by atoms with E-state index in [1.807, 2.05) is 0 Å². The molecule has 19 heavy (non-hydrogen) atoms. The van der Waals surface area contributed by atoms with Gasteiger partial charge in [-0.05, 0) is 47.0 Å². The van der Waals surface area contributed by atoms with Crippen molar-refractivity contribution < 1.29 is 12.8 Å². The third-order valence-electron chi connectivity index (χ3n) is 3.15. The monoisotopic (exact) mass is 346 g/mol. The van der Waals surface area contributed by atoms with Crippen molar-refractivity contribution >= 4 is 26.0 Å². The van der Waals surface area contributed by atoms with Crippen molar-refractivity contribution in [3.8, 4) is 6.07 Å². The summed E-state index contributed by atoms with van der Waals surface area (Å²) in [5, 5.41) is 8.80. The molecule has 1 heterocycles. The highest BCUT2D eigenvalue weighted by Gasteiger charge is 2.30. The van der Waals surface area contributed by atoms with Crippen molar-refractivity contribution in [3.05, 3.63) is 28.5 Å². The molecule has 0 spiro atoms. The van der Waals surface area contributed by atoms with Gasteiger partial charge >= 0.3 is 0 Å². The molecule has 0 unspecified atom stereocenters. The Hall–Kier alpha value is -0.970. The number of hydrogen-bond donors (Lipinski definition) is 0. The maximum absolute atomic E-state index is 13.0. The van der Waals surface area contributed by atoms with Crippen molar-refractivity contribution in [2.75, 3.05) is 13.1 Å². The van der Waals surface area contributed by atoms with E-state index in [1.165, 1.54) is 10.4 Å². The molecule has 0 bridgehead atoms. The van der Waals surface area contributed by atoms with Gasteiger partial charge in [-0.1, -0.05) is 0 Å². The molecule has 0 N–H and O–H groups in total. The molecule has 1 aromatic carbocycles. The van der Waals surface area contributed by atoms with Gasteiger partial charge in [-0.2, -0.15) is 9.57 Å². The number of piperidine rings is 1. The van der Waals surface area contributed by atoms with Crippen molar-refractivity contribution in [1.29, 1.82) is 5.26 Å². The molecule has 0 atom stereocenters. The molecule has 102 valence electrons. The first-order chi connectivity index (χ1) is 8.95. The molecule has 0 aromatic heterocycles. The molecule has 0 saturated carbocycles. The fourth-order valence-corrected chi connectivity index (χ4v) is 4.53. The van der Waals surface area contributed by atoms with E-state index in [-0.39, 0.29) is 15.3 Å². The minimum atomic E-state index is -3.63. The number of benzene rings is 1. The van der Waals surface area contributed by atoms with Gasteiger partial charge in [0, 0.05) is 23.5 Å². The standard InChI is InChI=1S/C12H12BrFN2O2S/c13-11-7-10(14)1-2-12(11)19(17,18)16-5-3-9(8-15)4-6-16/h1-2,7,9H,3-6H2. The van der Waals surface area contributed by atoms with Gasteiger partial charge in [0.05, 0.1) is 11.0 Å². The number of sulfonamides is 1. The number of nitriles is 1. The highest BCUT2D eigenvalue weighted by atomic mass is 79.9. The highest BCUT2D eigenvalue weighted by Crippen LogP contribution is 2.28. The summed E-state index contributed by atoms with van der Waals surface area (Å²) >= 11 is 3.08. The van der Waals surface area contributed by atoms with Crippen LogP contribution in [0.3, 0.4) is 0 Å². The van der Waals surface area contributed by atoms with E-state index < -0.39 is 15.8 Å². The first-order valence-electron chi connectivity index (χ1n) is 5.80. The Balaban J connectivity index is 2.26. The molecule has 1 saturated heterocycles. The Kier molecular flexibility index (Phi) is 4.23. The van der Waals surface area contributed by atoms with Crippen LogP contribution in [-0.4, -0.2) is 25.8 Å². The Bertz CT molecular complexity index is 619. The van der Waals surface area contributed by atoms with Crippen LogP contribution in [0.5, 0.6) is 0 Å². The maximum Gasteiger partial charge on any atom is 0.244 e. The van der Waals surface area contributed by atoms with E-state index in [0.717, 1.165) is 12.1 Å². The molecular formula is C12H12BrFN2O2S. The first-order valence-corrected chi connectivity index (χ1v) is 8.03. The summed E-state index contributed by atoms with van der Waals surface area (Å²) in [4.78, 5) is 0.0595. The lowest BCUT2D eigenvalue weighted by atomic mass is 10.0. The van der Waals surface area contributed by atoms with Crippen molar-refractivity contribution in [2.45, 2.75) is 17.7 Å². The molecule has 0 aliphatic carbocycles. The van der Waals surface area contributed by atoms with Gasteiger partial charge in [0.15, 0.2) is 0 Å². The minimum Gasteiger partial charge on any atom is -0.207 e. The van der Waals surface area contributed by atoms with Crippen LogP contribution in [-0.2, 0) is 10.0 Å². The molecule has 1 aliphatic heterocycles. The highest BCUT2D eigenvalue weighted by molar-refractivity contribution is 9.10. The first kappa shape index (κ1) is 14.4. The van der Waals surface area contributed by atoms with Gasteiger partial charge < -0.3 is 0 Å². The van der Waals surface area contributed by atoms with Crippen LogP contribution in [0.1, 0.15) is 12.8 Å². The second kappa shape index (κ2) is 5.57. The van der Waals surface area contributed by atoms with E-state index in [2.05, 4.69) is 22.0 Å². The normalized spacial score (nSPS) is 18.2. The molecule has 0 amide bonds. The predicted octanol–water partition coefficient (Wildman–Crippen LogP) is 2.51. The fourth-order valence-electron chi connectivity index (χ4n) is 2.05.